The van der Waals surface area contributed by atoms with Gasteiger partial charge in [-0.1, -0.05) is 30.3 Å². The Morgan fingerprint density at radius 3 is 2.54 bits per heavy atom. The van der Waals surface area contributed by atoms with Crippen LogP contribution in [0.2, 0.25) is 0 Å². The third-order valence-electron chi connectivity index (χ3n) is 4.58. The largest absolute Gasteiger partial charge is 0.497 e. The lowest BCUT2D eigenvalue weighted by Crippen LogP contribution is -2.26. The van der Waals surface area contributed by atoms with Gasteiger partial charge in [0.15, 0.2) is 0 Å². The van der Waals surface area contributed by atoms with Gasteiger partial charge in [0.2, 0.25) is 0 Å². The molecule has 2 aromatic carbocycles. The van der Waals surface area contributed by atoms with E-state index in [2.05, 4.69) is 41.6 Å². The zero-order valence-corrected chi connectivity index (χ0v) is 16.5. The molecule has 28 heavy (non-hydrogen) atoms. The number of nitrogens with one attached hydrogen (secondary N) is 2. The Morgan fingerprint density at radius 2 is 1.79 bits per heavy atom. The Bertz CT molecular complexity index is 949. The zero-order valence-electron chi connectivity index (χ0n) is 16.5. The normalized spacial score (nSPS) is 10.4. The number of nitrogens with zero attached hydrogens (tertiary/aromatic N) is 1. The van der Waals surface area contributed by atoms with E-state index in [4.69, 9.17) is 4.74 Å². The standard InChI is InChI=1S/C23H25N3O2/c1-16-6-4-7-17(2)22(16)26-19-11-13-24-21(15-19)23(27)25-12-10-18-8-5-9-20(14-18)28-3/h4-9,11,13-15H,10,12H2,1-3H3,(H,24,26)(H,25,27). The highest BCUT2D eigenvalue weighted by atomic mass is 16.5. The fraction of sp³-hybridized carbons (Fsp3) is 0.217. The number of hydrogen-bond donors (Lipinski definition) is 2. The molecule has 0 aliphatic rings. The van der Waals surface area contributed by atoms with Crippen molar-refractivity contribution in [1.82, 2.24) is 10.3 Å². The molecule has 0 saturated carbocycles. The number of amides is 1. The summed E-state index contributed by atoms with van der Waals surface area (Å²) >= 11 is 0. The average Bonchev–Trinajstić information content (AvgIpc) is 2.71. The maximum Gasteiger partial charge on any atom is 0.269 e. The Kier molecular flexibility index (Phi) is 6.27. The first kappa shape index (κ1) is 19.4. The number of para-hydroxylation sites is 1. The molecule has 3 aromatic rings. The van der Waals surface area contributed by atoms with E-state index in [9.17, 15) is 4.79 Å². The minimum absolute atomic E-state index is 0.187. The smallest absolute Gasteiger partial charge is 0.269 e. The van der Waals surface area contributed by atoms with E-state index >= 15 is 0 Å². The van der Waals surface area contributed by atoms with E-state index in [1.54, 1.807) is 19.4 Å². The predicted molar refractivity (Wildman–Crippen MR) is 112 cm³/mol. The fourth-order valence-corrected chi connectivity index (χ4v) is 3.03. The molecule has 0 bridgehead atoms. The third-order valence-corrected chi connectivity index (χ3v) is 4.58. The molecule has 0 saturated heterocycles. The molecule has 0 unspecified atom stereocenters. The maximum atomic E-state index is 12.5. The molecule has 0 radical (unpaired) electrons. The van der Waals surface area contributed by atoms with Crippen LogP contribution in [0.4, 0.5) is 11.4 Å². The number of aromatic nitrogens is 1. The summed E-state index contributed by atoms with van der Waals surface area (Å²) in [6, 6.07) is 17.6. The number of carbonyl (C=O) groups is 1. The number of ether oxygens (including phenoxy) is 1. The molecule has 5 nitrogen and oxygen atoms in total. The topological polar surface area (TPSA) is 63.2 Å². The first-order chi connectivity index (χ1) is 13.6. The van der Waals surface area contributed by atoms with Crippen molar-refractivity contribution in [3.8, 4) is 5.75 Å². The number of pyridine rings is 1. The maximum absolute atomic E-state index is 12.5. The van der Waals surface area contributed by atoms with Gasteiger partial charge in [-0.15, -0.1) is 0 Å². The van der Waals surface area contributed by atoms with Crippen LogP contribution in [0, 0.1) is 13.8 Å². The van der Waals surface area contributed by atoms with Crippen LogP contribution in [0.5, 0.6) is 5.75 Å². The van der Waals surface area contributed by atoms with Gasteiger partial charge in [-0.2, -0.15) is 0 Å². The number of benzene rings is 2. The van der Waals surface area contributed by atoms with Crippen molar-refractivity contribution in [2.24, 2.45) is 0 Å². The van der Waals surface area contributed by atoms with E-state index in [1.807, 2.05) is 36.4 Å². The highest BCUT2D eigenvalue weighted by Gasteiger charge is 2.09. The Balaban J connectivity index is 1.62. The summed E-state index contributed by atoms with van der Waals surface area (Å²) in [5, 5.41) is 6.33. The minimum Gasteiger partial charge on any atom is -0.497 e. The van der Waals surface area contributed by atoms with Crippen molar-refractivity contribution in [2.45, 2.75) is 20.3 Å². The average molecular weight is 375 g/mol. The summed E-state index contributed by atoms with van der Waals surface area (Å²) < 4.78 is 5.23. The van der Waals surface area contributed by atoms with Gasteiger partial charge in [0.25, 0.3) is 5.91 Å². The molecule has 3 rings (SSSR count). The van der Waals surface area contributed by atoms with Crippen LogP contribution >= 0.6 is 0 Å². The van der Waals surface area contributed by atoms with Gasteiger partial charge in [0.1, 0.15) is 11.4 Å². The highest BCUT2D eigenvalue weighted by molar-refractivity contribution is 5.93. The van der Waals surface area contributed by atoms with Crippen molar-refractivity contribution in [3.63, 3.8) is 0 Å². The Hall–Kier alpha value is -3.34. The number of hydrogen-bond acceptors (Lipinski definition) is 4. The SMILES string of the molecule is COc1cccc(CCNC(=O)c2cc(Nc3c(C)cccc3C)ccn2)c1. The molecule has 0 aliphatic heterocycles. The minimum atomic E-state index is -0.187. The van der Waals surface area contributed by atoms with Gasteiger partial charge in [-0.3, -0.25) is 9.78 Å². The lowest BCUT2D eigenvalue weighted by atomic mass is 10.1. The molecular weight excluding hydrogens is 350 g/mol. The van der Waals surface area contributed by atoms with Crippen molar-refractivity contribution >= 4 is 17.3 Å². The molecule has 1 aromatic heterocycles. The molecular formula is C23H25N3O2. The van der Waals surface area contributed by atoms with Crippen LogP contribution in [0.15, 0.2) is 60.8 Å². The van der Waals surface area contributed by atoms with Crippen LogP contribution in [-0.4, -0.2) is 24.5 Å². The highest BCUT2D eigenvalue weighted by Crippen LogP contribution is 2.24. The van der Waals surface area contributed by atoms with Gasteiger partial charge in [0.05, 0.1) is 7.11 Å². The zero-order chi connectivity index (χ0) is 19.9. The van der Waals surface area contributed by atoms with Gasteiger partial charge in [-0.25, -0.2) is 0 Å². The van der Waals surface area contributed by atoms with Crippen LogP contribution in [0.25, 0.3) is 0 Å². The fourth-order valence-electron chi connectivity index (χ4n) is 3.03. The van der Waals surface area contributed by atoms with E-state index in [1.165, 1.54) is 0 Å². The molecule has 0 atom stereocenters. The number of carbonyl (C=O) groups excluding carboxylic acids is 1. The molecule has 0 fully saturated rings. The second-order valence-electron chi connectivity index (χ2n) is 6.68. The number of anilines is 2. The third kappa shape index (κ3) is 4.88. The van der Waals surface area contributed by atoms with Crippen molar-refractivity contribution < 1.29 is 9.53 Å². The number of aryl methyl sites for hydroxylation is 2. The van der Waals surface area contributed by atoms with E-state index in [0.29, 0.717) is 12.2 Å². The van der Waals surface area contributed by atoms with Gasteiger partial charge < -0.3 is 15.4 Å². The molecule has 1 amide bonds. The van der Waals surface area contributed by atoms with Crippen molar-refractivity contribution in [3.05, 3.63) is 83.2 Å². The monoisotopic (exact) mass is 375 g/mol. The summed E-state index contributed by atoms with van der Waals surface area (Å²) in [5.74, 6) is 0.629. The molecule has 2 N–H and O–H groups in total. The predicted octanol–water partition coefficient (Wildman–Crippen LogP) is 4.42. The first-order valence-electron chi connectivity index (χ1n) is 9.27. The van der Waals surface area contributed by atoms with Crippen LogP contribution in [-0.2, 0) is 6.42 Å². The lowest BCUT2D eigenvalue weighted by molar-refractivity contribution is 0.0949. The lowest BCUT2D eigenvalue weighted by Gasteiger charge is -2.13. The molecule has 5 heteroatoms. The number of methoxy groups -OCH3 is 1. The molecule has 0 aliphatic carbocycles. The van der Waals surface area contributed by atoms with E-state index in [-0.39, 0.29) is 5.91 Å². The second kappa shape index (κ2) is 9.04. The summed E-state index contributed by atoms with van der Waals surface area (Å²) in [6.45, 7) is 4.65. The quantitative estimate of drug-likeness (QED) is 0.641. The summed E-state index contributed by atoms with van der Waals surface area (Å²) in [6.07, 6.45) is 2.37. The first-order valence-corrected chi connectivity index (χ1v) is 9.27. The van der Waals surface area contributed by atoms with Crippen molar-refractivity contribution in [1.29, 1.82) is 0 Å². The Labute approximate surface area is 165 Å². The second-order valence-corrected chi connectivity index (χ2v) is 6.68. The van der Waals surface area contributed by atoms with Gasteiger partial charge in [-0.05, 0) is 61.2 Å². The summed E-state index contributed by atoms with van der Waals surface area (Å²) in [4.78, 5) is 16.7. The van der Waals surface area contributed by atoms with Gasteiger partial charge in [0, 0.05) is 24.1 Å². The van der Waals surface area contributed by atoms with E-state index in [0.717, 1.165) is 40.2 Å². The summed E-state index contributed by atoms with van der Waals surface area (Å²) in [7, 11) is 1.64. The molecule has 0 spiro atoms. The summed E-state index contributed by atoms with van der Waals surface area (Å²) in [5.41, 5.74) is 5.70. The van der Waals surface area contributed by atoms with E-state index < -0.39 is 0 Å². The molecule has 144 valence electrons. The van der Waals surface area contributed by atoms with Crippen LogP contribution in [0.1, 0.15) is 27.2 Å². The molecule has 1 heterocycles. The van der Waals surface area contributed by atoms with Gasteiger partial charge >= 0.3 is 0 Å². The number of rotatable bonds is 7. The van der Waals surface area contributed by atoms with Crippen molar-refractivity contribution in [2.75, 3.05) is 19.0 Å². The van der Waals surface area contributed by atoms with Crippen LogP contribution < -0.4 is 15.4 Å². The van der Waals surface area contributed by atoms with Crippen LogP contribution in [0.3, 0.4) is 0 Å². The Morgan fingerprint density at radius 1 is 1.04 bits per heavy atom.